The lowest BCUT2D eigenvalue weighted by atomic mass is 9.89. The number of thiazole rings is 1. The molecule has 5 rings (SSSR count). The lowest BCUT2D eigenvalue weighted by molar-refractivity contribution is -0.114. The van der Waals surface area contributed by atoms with Crippen LogP contribution in [0, 0.1) is 0 Å². The molecule has 0 radical (unpaired) electrons. The van der Waals surface area contributed by atoms with Gasteiger partial charge in [0.15, 0.2) is 22.1 Å². The Bertz CT molecular complexity index is 1800. The number of benzene rings is 3. The summed E-state index contributed by atoms with van der Waals surface area (Å²) in [5.41, 5.74) is 2.12. The largest absolute Gasteiger partial charge is 0.504 e. The van der Waals surface area contributed by atoms with Crippen molar-refractivity contribution in [3.05, 3.63) is 95.1 Å². The smallest absolute Gasteiger partial charge is 0.271 e. The van der Waals surface area contributed by atoms with Gasteiger partial charge in [-0.15, -0.1) is 0 Å². The number of hydrogen-bond acceptors (Lipinski definition) is 7. The summed E-state index contributed by atoms with van der Waals surface area (Å²) in [4.78, 5) is 32.1. The van der Waals surface area contributed by atoms with Crippen LogP contribution in [0.4, 0.5) is 0 Å². The topological polar surface area (TPSA) is 90.1 Å². The van der Waals surface area contributed by atoms with Gasteiger partial charge in [-0.05, 0) is 54.5 Å². The van der Waals surface area contributed by atoms with Gasteiger partial charge in [-0.25, -0.2) is 4.99 Å². The van der Waals surface area contributed by atoms with Crippen molar-refractivity contribution in [1.82, 2.24) is 4.57 Å². The lowest BCUT2D eigenvalue weighted by Gasteiger charge is -2.27. The molecule has 3 aromatic carbocycles. The van der Waals surface area contributed by atoms with E-state index in [2.05, 4.69) is 20.9 Å². The maximum absolute atomic E-state index is 14.0. The number of ether oxygens (including phenoxy) is 2. The zero-order valence-electron chi connectivity index (χ0n) is 20.5. The van der Waals surface area contributed by atoms with Crippen molar-refractivity contribution in [1.29, 1.82) is 0 Å². The fourth-order valence-corrected chi connectivity index (χ4v) is 6.24. The Kier molecular flexibility index (Phi) is 6.51. The number of rotatable bonds is 5. The molecule has 1 N–H and O–H groups in total. The molecule has 1 aliphatic heterocycles. The molecule has 0 saturated carbocycles. The third kappa shape index (κ3) is 4.18. The number of carbonyl (C=O) groups is 1. The molecule has 0 spiro atoms. The second kappa shape index (κ2) is 9.64. The summed E-state index contributed by atoms with van der Waals surface area (Å²) >= 11 is 4.69. The average Bonchev–Trinajstić information content (AvgIpc) is 3.18. The first kappa shape index (κ1) is 25.0. The molecular weight excluding hydrogens is 556 g/mol. The molecule has 1 atom stereocenters. The Labute approximate surface area is 224 Å². The maximum atomic E-state index is 14.0. The number of aromatic hydroxyl groups is 1. The first-order valence-electron chi connectivity index (χ1n) is 11.4. The molecule has 0 amide bonds. The van der Waals surface area contributed by atoms with Gasteiger partial charge in [0.1, 0.15) is 5.75 Å². The van der Waals surface area contributed by atoms with E-state index in [-0.39, 0.29) is 22.8 Å². The molecule has 1 unspecified atom stereocenters. The zero-order valence-corrected chi connectivity index (χ0v) is 22.9. The predicted molar refractivity (Wildman–Crippen MR) is 147 cm³/mol. The summed E-state index contributed by atoms with van der Waals surface area (Å²) in [7, 11) is 3.04. The second-order valence-electron chi connectivity index (χ2n) is 8.59. The molecule has 0 aliphatic carbocycles. The molecule has 0 saturated heterocycles. The van der Waals surface area contributed by atoms with E-state index in [1.165, 1.54) is 31.4 Å². The normalized spacial score (nSPS) is 15.5. The number of methoxy groups -OCH3 is 2. The van der Waals surface area contributed by atoms with Gasteiger partial charge in [-0.1, -0.05) is 57.6 Å². The molecule has 0 fully saturated rings. The number of phenolic OH excluding ortho intramolecular Hbond substituents is 1. The summed E-state index contributed by atoms with van der Waals surface area (Å²) in [5, 5.41) is 11.9. The average molecular weight is 579 g/mol. The van der Waals surface area contributed by atoms with Crippen LogP contribution in [0.3, 0.4) is 0 Å². The summed E-state index contributed by atoms with van der Waals surface area (Å²) in [5.74, 6) is 0.687. The minimum Gasteiger partial charge on any atom is -0.504 e. The van der Waals surface area contributed by atoms with E-state index in [1.807, 2.05) is 36.4 Å². The van der Waals surface area contributed by atoms with Gasteiger partial charge in [0, 0.05) is 21.3 Å². The predicted octanol–water partition coefficient (Wildman–Crippen LogP) is 4.46. The first-order valence-corrected chi connectivity index (χ1v) is 13.0. The van der Waals surface area contributed by atoms with Crippen LogP contribution in [0.5, 0.6) is 17.2 Å². The van der Waals surface area contributed by atoms with Crippen LogP contribution in [0.1, 0.15) is 31.0 Å². The Morgan fingerprint density at radius 2 is 1.86 bits per heavy atom. The van der Waals surface area contributed by atoms with E-state index in [0.29, 0.717) is 36.4 Å². The highest BCUT2D eigenvalue weighted by atomic mass is 79.9. The standard InChI is InChI=1S/C28H23BrN2O5S/c1-14-24(15(2)32)26(25-18-8-6-5-7-16(18)9-10-21(25)35-3)31-27(34)23(37-28(31)30-14)12-17-11-22(36-4)20(33)13-19(17)29/h5-13,26,33H,1-4H3. The molecule has 1 aliphatic rings. The number of hydrogen-bond donors (Lipinski definition) is 1. The summed E-state index contributed by atoms with van der Waals surface area (Å²) in [6.45, 7) is 3.29. The Morgan fingerprint density at radius 1 is 1.14 bits per heavy atom. The quantitative estimate of drug-likeness (QED) is 0.377. The summed E-state index contributed by atoms with van der Waals surface area (Å²) in [6, 6.07) is 14.1. The van der Waals surface area contributed by atoms with Crippen molar-refractivity contribution in [2.45, 2.75) is 19.9 Å². The molecule has 9 heteroatoms. The first-order chi connectivity index (χ1) is 17.7. The van der Waals surface area contributed by atoms with Crippen LogP contribution < -0.4 is 24.4 Å². The summed E-state index contributed by atoms with van der Waals surface area (Å²) < 4.78 is 13.6. The minimum atomic E-state index is -0.713. The number of aromatic nitrogens is 1. The fourth-order valence-electron chi connectivity index (χ4n) is 4.75. The number of ketones is 1. The Hall–Kier alpha value is -3.69. The summed E-state index contributed by atoms with van der Waals surface area (Å²) in [6.07, 6.45) is 1.72. The van der Waals surface area contributed by atoms with E-state index < -0.39 is 6.04 Å². The lowest BCUT2D eigenvalue weighted by Crippen LogP contribution is -2.39. The SMILES string of the molecule is COc1cc(C=c2sc3n(c2=O)C(c2c(OC)ccc4ccccc24)C(C(C)=O)=C(C)N=3)c(Br)cc1O. The highest BCUT2D eigenvalue weighted by Crippen LogP contribution is 2.40. The molecule has 2 heterocycles. The monoisotopic (exact) mass is 578 g/mol. The van der Waals surface area contributed by atoms with Crippen molar-refractivity contribution in [2.24, 2.45) is 4.99 Å². The van der Waals surface area contributed by atoms with Crippen molar-refractivity contribution in [3.8, 4) is 17.2 Å². The molecule has 1 aromatic heterocycles. The number of allylic oxidation sites excluding steroid dienone is 2. The van der Waals surface area contributed by atoms with Crippen molar-refractivity contribution < 1.29 is 19.4 Å². The highest BCUT2D eigenvalue weighted by molar-refractivity contribution is 9.10. The van der Waals surface area contributed by atoms with E-state index in [1.54, 1.807) is 30.7 Å². The highest BCUT2D eigenvalue weighted by Gasteiger charge is 2.33. The molecular formula is C28H23BrN2O5S. The van der Waals surface area contributed by atoms with Crippen LogP contribution in [-0.2, 0) is 4.79 Å². The number of fused-ring (bicyclic) bond motifs is 2. The van der Waals surface area contributed by atoms with Crippen LogP contribution in [-0.4, -0.2) is 29.7 Å². The van der Waals surface area contributed by atoms with E-state index >= 15 is 0 Å². The van der Waals surface area contributed by atoms with Crippen molar-refractivity contribution in [3.63, 3.8) is 0 Å². The van der Waals surface area contributed by atoms with E-state index in [4.69, 9.17) is 9.47 Å². The number of halogens is 1. The molecule has 7 nitrogen and oxygen atoms in total. The minimum absolute atomic E-state index is 0.0160. The number of carbonyl (C=O) groups excluding carboxylic acids is 1. The number of Topliss-reactive ketones (excluding diaryl/α,β-unsaturated/α-hetero) is 1. The number of phenols is 1. The molecule has 188 valence electrons. The van der Waals surface area contributed by atoms with Gasteiger partial charge < -0.3 is 14.6 Å². The van der Waals surface area contributed by atoms with Crippen LogP contribution >= 0.6 is 27.3 Å². The molecule has 37 heavy (non-hydrogen) atoms. The van der Waals surface area contributed by atoms with Crippen LogP contribution in [0.15, 0.2) is 74.1 Å². The van der Waals surface area contributed by atoms with Crippen LogP contribution in [0.25, 0.3) is 16.8 Å². The molecule has 4 aromatic rings. The van der Waals surface area contributed by atoms with Gasteiger partial charge in [0.25, 0.3) is 5.56 Å². The fraction of sp³-hybridized carbons (Fsp3) is 0.179. The number of nitrogens with zero attached hydrogens (tertiary/aromatic N) is 2. The molecule has 0 bridgehead atoms. The van der Waals surface area contributed by atoms with Gasteiger partial charge in [0.2, 0.25) is 0 Å². The van der Waals surface area contributed by atoms with Crippen molar-refractivity contribution in [2.75, 3.05) is 14.2 Å². The zero-order chi connectivity index (χ0) is 26.4. The van der Waals surface area contributed by atoms with E-state index in [0.717, 1.165) is 16.3 Å². The van der Waals surface area contributed by atoms with Gasteiger partial charge >= 0.3 is 0 Å². The maximum Gasteiger partial charge on any atom is 0.271 e. The van der Waals surface area contributed by atoms with Gasteiger partial charge in [-0.3, -0.25) is 14.2 Å². The Morgan fingerprint density at radius 3 is 2.57 bits per heavy atom. The third-order valence-corrected chi connectivity index (χ3v) is 8.08. The van der Waals surface area contributed by atoms with Crippen LogP contribution in [0.2, 0.25) is 0 Å². The van der Waals surface area contributed by atoms with Gasteiger partial charge in [-0.2, -0.15) is 0 Å². The third-order valence-electron chi connectivity index (χ3n) is 6.41. The van der Waals surface area contributed by atoms with Gasteiger partial charge in [0.05, 0.1) is 24.8 Å². The van der Waals surface area contributed by atoms with Crippen molar-refractivity contribution >= 4 is 49.9 Å². The Balaban J connectivity index is 1.85. The second-order valence-corrected chi connectivity index (χ2v) is 10.4. The van der Waals surface area contributed by atoms with E-state index in [9.17, 15) is 14.7 Å².